The van der Waals surface area contributed by atoms with Gasteiger partial charge in [-0.2, -0.15) is 4.99 Å². The zero-order chi connectivity index (χ0) is 10.8. The molecule has 0 saturated heterocycles. The van der Waals surface area contributed by atoms with Crippen molar-refractivity contribution < 1.29 is 4.79 Å². The number of fused-ring (bicyclic) bond motifs is 1. The number of imidazole rings is 1. The first kappa shape index (κ1) is 9.20. The lowest BCUT2D eigenvalue weighted by Gasteiger charge is -1.95. The quantitative estimate of drug-likeness (QED) is 0.446. The topological polar surface area (TPSA) is 110 Å². The van der Waals surface area contributed by atoms with Gasteiger partial charge in [0.2, 0.25) is 0 Å². The summed E-state index contributed by atoms with van der Waals surface area (Å²) in [7, 11) is 0. The summed E-state index contributed by atoms with van der Waals surface area (Å²) in [5, 5.41) is 0. The number of H-pyrrole nitrogens is 1. The van der Waals surface area contributed by atoms with Crippen LogP contribution in [0, 0.1) is 0 Å². The molecule has 2 aromatic rings. The third-order valence-electron chi connectivity index (χ3n) is 1.90. The van der Waals surface area contributed by atoms with Crippen molar-refractivity contribution in [1.29, 1.82) is 0 Å². The average molecular weight is 203 g/mol. The maximum absolute atomic E-state index is 11.4. The molecule has 6 heteroatoms. The first-order chi connectivity index (χ1) is 7.16. The summed E-state index contributed by atoms with van der Waals surface area (Å²) in [6.45, 7) is 0. The Morgan fingerprint density at radius 1 is 1.40 bits per heavy atom. The largest absolute Gasteiger partial charge is 0.370 e. The van der Waals surface area contributed by atoms with E-state index in [4.69, 9.17) is 11.5 Å². The highest BCUT2D eigenvalue weighted by Gasteiger charge is 2.06. The van der Waals surface area contributed by atoms with Gasteiger partial charge in [-0.1, -0.05) is 0 Å². The van der Waals surface area contributed by atoms with Crippen molar-refractivity contribution >= 4 is 22.9 Å². The van der Waals surface area contributed by atoms with Gasteiger partial charge in [-0.05, 0) is 18.2 Å². The Hall–Kier alpha value is -2.37. The van der Waals surface area contributed by atoms with Crippen LogP contribution in [0.15, 0.2) is 29.5 Å². The Morgan fingerprint density at radius 3 is 2.93 bits per heavy atom. The number of nitrogens with zero attached hydrogens (tertiary/aromatic N) is 2. The number of hydrogen-bond donors (Lipinski definition) is 3. The van der Waals surface area contributed by atoms with Gasteiger partial charge >= 0.3 is 0 Å². The monoisotopic (exact) mass is 203 g/mol. The Morgan fingerprint density at radius 2 is 2.20 bits per heavy atom. The fraction of sp³-hybridized carbons (Fsp3) is 0. The van der Waals surface area contributed by atoms with E-state index in [1.54, 1.807) is 24.5 Å². The van der Waals surface area contributed by atoms with Gasteiger partial charge < -0.3 is 16.5 Å². The molecule has 0 aliphatic carbocycles. The van der Waals surface area contributed by atoms with Crippen molar-refractivity contribution in [2.75, 3.05) is 0 Å². The highest BCUT2D eigenvalue weighted by atomic mass is 16.1. The molecular formula is C9H9N5O. The molecule has 1 aromatic carbocycles. The molecule has 0 unspecified atom stereocenters. The molecule has 0 fully saturated rings. The summed E-state index contributed by atoms with van der Waals surface area (Å²) in [6, 6.07) is 5.00. The Labute approximate surface area is 85.0 Å². The molecular weight excluding hydrogens is 194 g/mol. The second kappa shape index (κ2) is 3.41. The molecule has 1 aromatic heterocycles. The summed E-state index contributed by atoms with van der Waals surface area (Å²) in [5.74, 6) is -0.712. The van der Waals surface area contributed by atoms with Crippen molar-refractivity contribution in [3.8, 4) is 0 Å². The van der Waals surface area contributed by atoms with E-state index in [1.165, 1.54) is 0 Å². The summed E-state index contributed by atoms with van der Waals surface area (Å²) in [5.41, 5.74) is 12.2. The number of aliphatic imine (C=N–C) groups is 1. The molecule has 0 atom stereocenters. The molecule has 0 spiro atoms. The molecule has 2 rings (SSSR count). The number of nitrogens with two attached hydrogens (primary N) is 2. The second-order valence-electron chi connectivity index (χ2n) is 2.98. The summed E-state index contributed by atoms with van der Waals surface area (Å²) in [6.07, 6.45) is 1.56. The van der Waals surface area contributed by atoms with Crippen molar-refractivity contribution in [1.82, 2.24) is 9.97 Å². The Bertz CT molecular complexity index is 538. The third-order valence-corrected chi connectivity index (χ3v) is 1.90. The SMILES string of the molecule is NC(N)=NC(=O)c1ccc2nc[nH]c2c1. The second-order valence-corrected chi connectivity index (χ2v) is 2.98. The molecule has 5 N–H and O–H groups in total. The van der Waals surface area contributed by atoms with Gasteiger partial charge in [0.05, 0.1) is 17.4 Å². The van der Waals surface area contributed by atoms with E-state index in [-0.39, 0.29) is 5.96 Å². The molecule has 0 aliphatic rings. The van der Waals surface area contributed by atoms with E-state index in [9.17, 15) is 4.79 Å². The normalized spacial score (nSPS) is 10.1. The van der Waals surface area contributed by atoms with Crippen LogP contribution in [-0.4, -0.2) is 21.8 Å². The van der Waals surface area contributed by atoms with E-state index in [0.29, 0.717) is 5.56 Å². The van der Waals surface area contributed by atoms with Crippen LogP contribution in [0.3, 0.4) is 0 Å². The standard InChI is InChI=1S/C9H9N5O/c10-9(11)14-8(15)5-1-2-6-7(3-5)13-4-12-6/h1-4H,(H,12,13)(H4,10,11,14,15). The lowest BCUT2D eigenvalue weighted by atomic mass is 10.2. The van der Waals surface area contributed by atoms with Crippen LogP contribution in [0.2, 0.25) is 0 Å². The molecule has 0 radical (unpaired) electrons. The fourth-order valence-electron chi connectivity index (χ4n) is 1.25. The number of carbonyl (C=O) groups excluding carboxylic acids is 1. The molecule has 76 valence electrons. The number of nitrogens with one attached hydrogen (secondary N) is 1. The van der Waals surface area contributed by atoms with Gasteiger partial charge in [0.15, 0.2) is 5.96 Å². The van der Waals surface area contributed by atoms with Gasteiger partial charge in [0, 0.05) is 5.56 Å². The predicted molar refractivity (Wildman–Crippen MR) is 56.2 cm³/mol. The number of benzene rings is 1. The highest BCUT2D eigenvalue weighted by Crippen LogP contribution is 2.12. The van der Waals surface area contributed by atoms with Crippen LogP contribution in [0.1, 0.15) is 10.4 Å². The Kier molecular flexibility index (Phi) is 2.09. The first-order valence-corrected chi connectivity index (χ1v) is 4.24. The highest BCUT2D eigenvalue weighted by molar-refractivity contribution is 6.03. The van der Waals surface area contributed by atoms with Crippen molar-refractivity contribution in [2.24, 2.45) is 16.5 Å². The minimum Gasteiger partial charge on any atom is -0.370 e. The lowest BCUT2D eigenvalue weighted by molar-refractivity contribution is 0.100. The molecule has 1 amide bonds. The number of aromatic amines is 1. The number of rotatable bonds is 1. The third kappa shape index (κ3) is 1.78. The molecule has 6 nitrogen and oxygen atoms in total. The summed E-state index contributed by atoms with van der Waals surface area (Å²) in [4.78, 5) is 21.8. The smallest absolute Gasteiger partial charge is 0.280 e. The predicted octanol–water partition coefficient (Wildman–Crippen LogP) is -0.0235. The number of aromatic nitrogens is 2. The van der Waals surface area contributed by atoms with Crippen molar-refractivity contribution in [2.45, 2.75) is 0 Å². The lowest BCUT2D eigenvalue weighted by Crippen LogP contribution is -2.24. The van der Waals surface area contributed by atoms with Gasteiger partial charge in [0.25, 0.3) is 5.91 Å². The van der Waals surface area contributed by atoms with Crippen LogP contribution < -0.4 is 11.5 Å². The van der Waals surface area contributed by atoms with Crippen molar-refractivity contribution in [3.63, 3.8) is 0 Å². The molecule has 15 heavy (non-hydrogen) atoms. The van der Waals surface area contributed by atoms with Crippen molar-refractivity contribution in [3.05, 3.63) is 30.1 Å². The van der Waals surface area contributed by atoms with Crippen LogP contribution in [0.5, 0.6) is 0 Å². The summed E-state index contributed by atoms with van der Waals surface area (Å²) < 4.78 is 0. The minimum absolute atomic E-state index is 0.246. The minimum atomic E-state index is -0.466. The summed E-state index contributed by atoms with van der Waals surface area (Å²) >= 11 is 0. The maximum atomic E-state index is 11.4. The molecule has 1 heterocycles. The van der Waals surface area contributed by atoms with Gasteiger partial charge in [0.1, 0.15) is 0 Å². The van der Waals surface area contributed by atoms with Crippen LogP contribution >= 0.6 is 0 Å². The molecule has 0 bridgehead atoms. The molecule has 0 saturated carbocycles. The first-order valence-electron chi connectivity index (χ1n) is 4.24. The number of amides is 1. The zero-order valence-electron chi connectivity index (χ0n) is 7.77. The van der Waals surface area contributed by atoms with E-state index < -0.39 is 5.91 Å². The zero-order valence-corrected chi connectivity index (χ0v) is 7.77. The van der Waals surface area contributed by atoms with Crippen LogP contribution in [-0.2, 0) is 0 Å². The van der Waals surface area contributed by atoms with Crippen LogP contribution in [0.25, 0.3) is 11.0 Å². The van der Waals surface area contributed by atoms with E-state index >= 15 is 0 Å². The number of carbonyl (C=O) groups is 1. The van der Waals surface area contributed by atoms with Crippen LogP contribution in [0.4, 0.5) is 0 Å². The fourth-order valence-corrected chi connectivity index (χ4v) is 1.25. The maximum Gasteiger partial charge on any atom is 0.280 e. The van der Waals surface area contributed by atoms with E-state index in [0.717, 1.165) is 11.0 Å². The van der Waals surface area contributed by atoms with Gasteiger partial charge in [-0.3, -0.25) is 4.79 Å². The number of guanidine groups is 1. The van der Waals surface area contributed by atoms with E-state index in [1.807, 2.05) is 0 Å². The average Bonchev–Trinajstić information content (AvgIpc) is 2.62. The van der Waals surface area contributed by atoms with Gasteiger partial charge in [-0.15, -0.1) is 0 Å². The van der Waals surface area contributed by atoms with E-state index in [2.05, 4.69) is 15.0 Å². The molecule has 0 aliphatic heterocycles. The Balaban J connectivity index is 2.44. The van der Waals surface area contributed by atoms with Gasteiger partial charge in [-0.25, -0.2) is 4.98 Å². The number of hydrogen-bond acceptors (Lipinski definition) is 2.